The topological polar surface area (TPSA) is 88.0 Å². The van der Waals surface area contributed by atoms with Crippen LogP contribution in [-0.4, -0.2) is 34.3 Å². The fourth-order valence-electron chi connectivity index (χ4n) is 1.47. The minimum atomic E-state index is -0.752. The number of imide groups is 1. The van der Waals surface area contributed by atoms with E-state index < -0.39 is 18.0 Å². The first kappa shape index (κ1) is 11.6. The zero-order chi connectivity index (χ0) is 13.1. The Morgan fingerprint density at radius 1 is 1.28 bits per heavy atom. The number of nitrogens with zero attached hydrogens (tertiary/aromatic N) is 4. The molecule has 1 aromatic carbocycles. The van der Waals surface area contributed by atoms with Crippen LogP contribution in [0.25, 0.3) is 0 Å². The van der Waals surface area contributed by atoms with Gasteiger partial charge in [0.25, 0.3) is 5.91 Å². The first-order valence-corrected chi connectivity index (χ1v) is 5.18. The Labute approximate surface area is 103 Å². The highest BCUT2D eigenvalue weighted by Crippen LogP contribution is 2.19. The van der Waals surface area contributed by atoms with Crippen LogP contribution in [0.4, 0.5) is 4.79 Å². The zero-order valence-corrected chi connectivity index (χ0v) is 9.28. The summed E-state index contributed by atoms with van der Waals surface area (Å²) < 4.78 is 0. The standard InChI is InChI=1S/C12H8N4O2/c13-6-10-7-15(10)12(18)16(8-14)11(17)9-4-2-1-3-5-9/h1-5,10H,7H2. The molecule has 1 atom stereocenters. The number of rotatable bonds is 1. The molecule has 1 aliphatic rings. The Balaban J connectivity index is 2.16. The van der Waals surface area contributed by atoms with E-state index in [4.69, 9.17) is 10.5 Å². The first-order valence-electron chi connectivity index (χ1n) is 5.18. The van der Waals surface area contributed by atoms with Crippen molar-refractivity contribution in [2.45, 2.75) is 6.04 Å². The zero-order valence-electron chi connectivity index (χ0n) is 9.28. The molecular weight excluding hydrogens is 232 g/mol. The maximum Gasteiger partial charge on any atom is 0.341 e. The van der Waals surface area contributed by atoms with Gasteiger partial charge in [-0.1, -0.05) is 18.2 Å². The summed E-state index contributed by atoms with van der Waals surface area (Å²) in [6, 6.07) is 8.65. The lowest BCUT2D eigenvalue weighted by molar-refractivity contribution is 0.0851. The third-order valence-corrected chi connectivity index (χ3v) is 2.52. The lowest BCUT2D eigenvalue weighted by Gasteiger charge is -2.12. The van der Waals surface area contributed by atoms with Crippen molar-refractivity contribution in [1.82, 2.24) is 9.80 Å². The van der Waals surface area contributed by atoms with Crippen molar-refractivity contribution in [3.63, 3.8) is 0 Å². The van der Waals surface area contributed by atoms with Gasteiger partial charge in [-0.05, 0) is 12.1 Å². The van der Waals surface area contributed by atoms with Crippen molar-refractivity contribution >= 4 is 11.9 Å². The van der Waals surface area contributed by atoms with Crippen molar-refractivity contribution in [3.8, 4) is 12.3 Å². The van der Waals surface area contributed by atoms with Gasteiger partial charge in [0.05, 0.1) is 12.6 Å². The highest BCUT2D eigenvalue weighted by Gasteiger charge is 2.43. The molecule has 88 valence electrons. The number of benzene rings is 1. The van der Waals surface area contributed by atoms with Crippen molar-refractivity contribution in [3.05, 3.63) is 35.9 Å². The molecule has 0 saturated carbocycles. The van der Waals surface area contributed by atoms with Gasteiger partial charge in [0.2, 0.25) is 0 Å². The SMILES string of the molecule is N#CC1CN1C(=O)N(C#N)C(=O)c1ccccc1. The molecule has 0 aromatic heterocycles. The van der Waals surface area contributed by atoms with Gasteiger partial charge >= 0.3 is 6.03 Å². The number of carbonyl (C=O) groups excluding carboxylic acids is 2. The summed E-state index contributed by atoms with van der Waals surface area (Å²) in [5.74, 6) is -0.688. The summed E-state index contributed by atoms with van der Waals surface area (Å²) in [5, 5.41) is 17.5. The van der Waals surface area contributed by atoms with E-state index in [0.29, 0.717) is 4.90 Å². The molecule has 18 heavy (non-hydrogen) atoms. The van der Waals surface area contributed by atoms with Gasteiger partial charge < -0.3 is 4.90 Å². The average Bonchev–Trinajstić information content (AvgIpc) is 3.19. The fraction of sp³-hybridized carbons (Fsp3) is 0.167. The highest BCUT2D eigenvalue weighted by atomic mass is 16.2. The maximum absolute atomic E-state index is 11.9. The van der Waals surface area contributed by atoms with Crippen LogP contribution in [0.5, 0.6) is 0 Å². The predicted octanol–water partition coefficient (Wildman–Crippen LogP) is 0.938. The summed E-state index contributed by atoms with van der Waals surface area (Å²) in [6.07, 6.45) is 1.55. The fourth-order valence-corrected chi connectivity index (χ4v) is 1.47. The predicted molar refractivity (Wildman–Crippen MR) is 59.7 cm³/mol. The van der Waals surface area contributed by atoms with E-state index in [1.807, 2.05) is 6.07 Å². The Morgan fingerprint density at radius 3 is 2.44 bits per heavy atom. The minimum absolute atomic E-state index is 0.253. The smallest absolute Gasteiger partial charge is 0.302 e. The van der Waals surface area contributed by atoms with Gasteiger partial charge in [0.1, 0.15) is 6.04 Å². The number of nitriles is 2. The van der Waals surface area contributed by atoms with Gasteiger partial charge in [-0.25, -0.2) is 4.79 Å². The highest BCUT2D eigenvalue weighted by molar-refractivity contribution is 6.06. The van der Waals surface area contributed by atoms with Gasteiger partial charge in [-0.3, -0.25) is 4.79 Å². The number of amides is 3. The molecular formula is C12H8N4O2. The molecule has 3 amide bonds. The maximum atomic E-state index is 11.9. The number of carbonyl (C=O) groups is 2. The van der Waals surface area contributed by atoms with Crippen LogP contribution < -0.4 is 0 Å². The van der Waals surface area contributed by atoms with Crippen LogP contribution in [0, 0.1) is 22.8 Å². The molecule has 1 unspecified atom stereocenters. The van der Waals surface area contributed by atoms with E-state index in [-0.39, 0.29) is 12.1 Å². The van der Waals surface area contributed by atoms with Crippen molar-refractivity contribution in [2.75, 3.05) is 6.54 Å². The molecule has 6 nitrogen and oxygen atoms in total. The summed E-state index contributed by atoms with van der Waals surface area (Å²) in [6.45, 7) is 0.260. The van der Waals surface area contributed by atoms with E-state index in [0.717, 1.165) is 4.90 Å². The molecule has 2 rings (SSSR count). The monoisotopic (exact) mass is 240 g/mol. The Morgan fingerprint density at radius 2 is 1.94 bits per heavy atom. The first-order chi connectivity index (χ1) is 8.69. The van der Waals surface area contributed by atoms with Gasteiger partial charge in [-0.15, -0.1) is 0 Å². The third-order valence-electron chi connectivity index (χ3n) is 2.52. The van der Waals surface area contributed by atoms with Crippen LogP contribution >= 0.6 is 0 Å². The van der Waals surface area contributed by atoms with Gasteiger partial charge in [0.15, 0.2) is 6.19 Å². The van der Waals surface area contributed by atoms with E-state index in [9.17, 15) is 9.59 Å². The van der Waals surface area contributed by atoms with Crippen LogP contribution in [-0.2, 0) is 0 Å². The molecule has 0 radical (unpaired) electrons. The average molecular weight is 240 g/mol. The molecule has 1 heterocycles. The second kappa shape index (κ2) is 4.56. The Kier molecular flexibility index (Phi) is 2.94. The van der Waals surface area contributed by atoms with Gasteiger partial charge in [-0.2, -0.15) is 15.4 Å². The van der Waals surface area contributed by atoms with Crippen molar-refractivity contribution in [2.24, 2.45) is 0 Å². The van der Waals surface area contributed by atoms with Crippen LogP contribution in [0.2, 0.25) is 0 Å². The van der Waals surface area contributed by atoms with Crippen LogP contribution in [0.15, 0.2) is 30.3 Å². The molecule has 1 aromatic rings. The molecule has 6 heteroatoms. The number of hydrogen-bond acceptors (Lipinski definition) is 4. The lowest BCUT2D eigenvalue weighted by atomic mass is 10.2. The number of urea groups is 1. The molecule has 0 aliphatic carbocycles. The molecule has 0 N–H and O–H groups in total. The van der Waals surface area contributed by atoms with E-state index in [1.54, 1.807) is 24.4 Å². The summed E-state index contributed by atoms with van der Waals surface area (Å²) in [5.41, 5.74) is 0.253. The quantitative estimate of drug-likeness (QED) is 0.415. The summed E-state index contributed by atoms with van der Waals surface area (Å²) >= 11 is 0. The van der Waals surface area contributed by atoms with E-state index in [1.165, 1.54) is 12.1 Å². The lowest BCUT2D eigenvalue weighted by Crippen LogP contribution is -2.36. The third kappa shape index (κ3) is 2.00. The number of hydrogen-bond donors (Lipinski definition) is 0. The van der Waals surface area contributed by atoms with Crippen LogP contribution in [0.1, 0.15) is 10.4 Å². The molecule has 0 bridgehead atoms. The van der Waals surface area contributed by atoms with Gasteiger partial charge in [0, 0.05) is 5.56 Å². The second-order valence-corrected chi connectivity index (χ2v) is 3.69. The largest absolute Gasteiger partial charge is 0.341 e. The summed E-state index contributed by atoms with van der Waals surface area (Å²) in [4.78, 5) is 25.3. The molecule has 1 fully saturated rings. The minimum Gasteiger partial charge on any atom is -0.302 e. The Bertz CT molecular complexity index is 570. The van der Waals surface area contributed by atoms with Crippen LogP contribution in [0.3, 0.4) is 0 Å². The normalized spacial score (nSPS) is 16.3. The molecule has 1 aliphatic heterocycles. The van der Waals surface area contributed by atoms with E-state index >= 15 is 0 Å². The molecule has 0 spiro atoms. The second-order valence-electron chi connectivity index (χ2n) is 3.69. The van der Waals surface area contributed by atoms with E-state index in [2.05, 4.69) is 0 Å². The molecule has 1 saturated heterocycles. The van der Waals surface area contributed by atoms with Crippen molar-refractivity contribution in [1.29, 1.82) is 10.5 Å². The van der Waals surface area contributed by atoms with Crippen molar-refractivity contribution < 1.29 is 9.59 Å². The Hall–Kier alpha value is -2.86. The summed E-state index contributed by atoms with van der Waals surface area (Å²) in [7, 11) is 0.